The zero-order valence-electron chi connectivity index (χ0n) is 10.2. The van der Waals surface area contributed by atoms with Gasteiger partial charge in [0.15, 0.2) is 0 Å². The molecule has 1 saturated heterocycles. The molecule has 0 spiro atoms. The smallest absolute Gasteiger partial charge is 0.130 e. The predicted molar refractivity (Wildman–Crippen MR) is 64.6 cm³/mol. The Morgan fingerprint density at radius 1 is 1.28 bits per heavy atom. The van der Waals surface area contributed by atoms with E-state index in [-0.39, 0.29) is 5.56 Å². The van der Waals surface area contributed by atoms with Crippen LogP contribution in [0.25, 0.3) is 0 Å². The van der Waals surface area contributed by atoms with Gasteiger partial charge in [-0.2, -0.15) is 0 Å². The maximum absolute atomic E-state index is 13.7. The minimum atomic E-state index is -0.551. The van der Waals surface area contributed by atoms with E-state index in [4.69, 9.17) is 10.6 Å². The van der Waals surface area contributed by atoms with Crippen molar-refractivity contribution in [1.82, 2.24) is 5.43 Å². The molecule has 0 saturated carbocycles. The summed E-state index contributed by atoms with van der Waals surface area (Å²) in [5.74, 6) is 4.73. The van der Waals surface area contributed by atoms with E-state index >= 15 is 0 Å². The Morgan fingerprint density at radius 3 is 2.44 bits per heavy atom. The van der Waals surface area contributed by atoms with Gasteiger partial charge in [-0.05, 0) is 37.3 Å². The van der Waals surface area contributed by atoms with Crippen LogP contribution in [0.15, 0.2) is 18.2 Å². The molecule has 1 aromatic rings. The van der Waals surface area contributed by atoms with Gasteiger partial charge in [-0.25, -0.2) is 8.78 Å². The molecule has 1 fully saturated rings. The van der Waals surface area contributed by atoms with Crippen molar-refractivity contribution in [3.8, 4) is 0 Å². The molecule has 0 amide bonds. The lowest BCUT2D eigenvalue weighted by molar-refractivity contribution is 0.0602. The number of hydrogen-bond acceptors (Lipinski definition) is 3. The molecule has 3 N–H and O–H groups in total. The van der Waals surface area contributed by atoms with Gasteiger partial charge in [-0.3, -0.25) is 11.3 Å². The maximum atomic E-state index is 13.7. The lowest BCUT2D eigenvalue weighted by Gasteiger charge is -2.26. The zero-order valence-corrected chi connectivity index (χ0v) is 10.2. The quantitative estimate of drug-likeness (QED) is 0.642. The van der Waals surface area contributed by atoms with Crippen molar-refractivity contribution in [3.63, 3.8) is 0 Å². The SMILES string of the molecule is NNC(CC1CCOCC1)c1c(F)cccc1F. The van der Waals surface area contributed by atoms with Crippen molar-refractivity contribution in [1.29, 1.82) is 0 Å². The predicted octanol–water partition coefficient (Wildman–Crippen LogP) is 2.29. The first-order valence-electron chi connectivity index (χ1n) is 6.20. The third kappa shape index (κ3) is 3.04. The fourth-order valence-electron chi connectivity index (χ4n) is 2.43. The van der Waals surface area contributed by atoms with Gasteiger partial charge < -0.3 is 4.74 Å². The van der Waals surface area contributed by atoms with E-state index in [0.717, 1.165) is 12.8 Å². The Bertz CT molecular complexity index is 374. The second-order valence-electron chi connectivity index (χ2n) is 4.65. The fourth-order valence-corrected chi connectivity index (χ4v) is 2.43. The molecule has 1 aliphatic rings. The molecule has 1 heterocycles. The van der Waals surface area contributed by atoms with E-state index in [9.17, 15) is 8.78 Å². The third-order valence-corrected chi connectivity index (χ3v) is 3.46. The van der Waals surface area contributed by atoms with Gasteiger partial charge in [0.25, 0.3) is 0 Å². The van der Waals surface area contributed by atoms with Crippen molar-refractivity contribution in [2.75, 3.05) is 13.2 Å². The first-order chi connectivity index (χ1) is 8.72. The summed E-state index contributed by atoms with van der Waals surface area (Å²) in [6.45, 7) is 1.42. The van der Waals surface area contributed by atoms with Crippen LogP contribution < -0.4 is 11.3 Å². The van der Waals surface area contributed by atoms with Gasteiger partial charge in [0.1, 0.15) is 11.6 Å². The van der Waals surface area contributed by atoms with Crippen LogP contribution in [0.4, 0.5) is 8.78 Å². The highest BCUT2D eigenvalue weighted by atomic mass is 19.1. The largest absolute Gasteiger partial charge is 0.381 e. The zero-order chi connectivity index (χ0) is 13.0. The second-order valence-corrected chi connectivity index (χ2v) is 4.65. The molecular weight excluding hydrogens is 238 g/mol. The number of hydrogen-bond donors (Lipinski definition) is 2. The molecular formula is C13H18F2N2O. The number of halogens is 2. The Morgan fingerprint density at radius 2 is 1.89 bits per heavy atom. The van der Waals surface area contributed by atoms with Gasteiger partial charge in [0, 0.05) is 18.8 Å². The summed E-state index contributed by atoms with van der Waals surface area (Å²) in [5.41, 5.74) is 2.56. The van der Waals surface area contributed by atoms with Gasteiger partial charge >= 0.3 is 0 Å². The van der Waals surface area contributed by atoms with Crippen LogP contribution in [0.3, 0.4) is 0 Å². The van der Waals surface area contributed by atoms with Crippen molar-refractivity contribution in [2.45, 2.75) is 25.3 Å². The molecule has 100 valence electrons. The summed E-state index contributed by atoms with van der Waals surface area (Å²) < 4.78 is 32.6. The topological polar surface area (TPSA) is 47.3 Å². The Kier molecular flexibility index (Phi) is 4.63. The third-order valence-electron chi connectivity index (χ3n) is 3.46. The normalized spacial score (nSPS) is 18.8. The van der Waals surface area contributed by atoms with E-state index in [1.807, 2.05) is 0 Å². The molecule has 3 nitrogen and oxygen atoms in total. The average molecular weight is 256 g/mol. The molecule has 0 radical (unpaired) electrons. The van der Waals surface area contributed by atoms with Crippen LogP contribution >= 0.6 is 0 Å². The maximum Gasteiger partial charge on any atom is 0.130 e. The molecule has 0 aromatic heterocycles. The summed E-state index contributed by atoms with van der Waals surface area (Å²) in [6.07, 6.45) is 2.44. The molecule has 18 heavy (non-hydrogen) atoms. The second kappa shape index (κ2) is 6.22. The van der Waals surface area contributed by atoms with Crippen molar-refractivity contribution in [2.24, 2.45) is 11.8 Å². The van der Waals surface area contributed by atoms with E-state index in [0.29, 0.717) is 25.6 Å². The van der Waals surface area contributed by atoms with Gasteiger partial charge in [0.05, 0.1) is 6.04 Å². The highest BCUT2D eigenvalue weighted by Crippen LogP contribution is 2.29. The van der Waals surface area contributed by atoms with Gasteiger partial charge in [0.2, 0.25) is 0 Å². The molecule has 1 unspecified atom stereocenters. The summed E-state index contributed by atoms with van der Waals surface area (Å²) in [5, 5.41) is 0. The molecule has 1 aromatic carbocycles. The summed E-state index contributed by atoms with van der Waals surface area (Å²) in [6, 6.07) is 3.38. The molecule has 0 aliphatic carbocycles. The molecule has 2 rings (SSSR count). The number of nitrogens with one attached hydrogen (secondary N) is 1. The number of rotatable bonds is 4. The number of hydrazine groups is 1. The number of ether oxygens (including phenoxy) is 1. The van der Waals surface area contributed by atoms with E-state index in [1.165, 1.54) is 18.2 Å². The van der Waals surface area contributed by atoms with Crippen LogP contribution in [0.1, 0.15) is 30.9 Å². The van der Waals surface area contributed by atoms with E-state index in [2.05, 4.69) is 5.43 Å². The monoisotopic (exact) mass is 256 g/mol. The van der Waals surface area contributed by atoms with Crippen LogP contribution in [-0.2, 0) is 4.74 Å². The van der Waals surface area contributed by atoms with Crippen LogP contribution in [-0.4, -0.2) is 13.2 Å². The highest BCUT2D eigenvalue weighted by Gasteiger charge is 2.24. The van der Waals surface area contributed by atoms with E-state index in [1.54, 1.807) is 0 Å². The van der Waals surface area contributed by atoms with Crippen LogP contribution in [0, 0.1) is 17.6 Å². The van der Waals surface area contributed by atoms with Crippen molar-refractivity contribution < 1.29 is 13.5 Å². The standard InChI is InChI=1S/C13H18F2N2O/c14-10-2-1-3-11(15)13(10)12(17-16)8-9-4-6-18-7-5-9/h1-3,9,12,17H,4-8,16H2. The Labute approximate surface area is 105 Å². The average Bonchev–Trinajstić information content (AvgIpc) is 2.38. The first kappa shape index (κ1) is 13.4. The molecule has 0 bridgehead atoms. The fraction of sp³-hybridized carbons (Fsp3) is 0.538. The van der Waals surface area contributed by atoms with Crippen molar-refractivity contribution >= 4 is 0 Å². The highest BCUT2D eigenvalue weighted by molar-refractivity contribution is 5.23. The number of benzene rings is 1. The lowest BCUT2D eigenvalue weighted by atomic mass is 9.89. The summed E-state index contributed by atoms with van der Waals surface area (Å²) >= 11 is 0. The lowest BCUT2D eigenvalue weighted by Crippen LogP contribution is -2.32. The Hall–Kier alpha value is -1.04. The van der Waals surface area contributed by atoms with Crippen LogP contribution in [0.2, 0.25) is 0 Å². The summed E-state index contributed by atoms with van der Waals surface area (Å²) in [4.78, 5) is 0. The minimum absolute atomic E-state index is 0.0338. The first-order valence-corrected chi connectivity index (χ1v) is 6.20. The molecule has 1 aliphatic heterocycles. The minimum Gasteiger partial charge on any atom is -0.381 e. The Balaban J connectivity index is 2.12. The van der Waals surface area contributed by atoms with Crippen molar-refractivity contribution in [3.05, 3.63) is 35.4 Å². The van der Waals surface area contributed by atoms with Gasteiger partial charge in [-0.1, -0.05) is 6.07 Å². The molecule has 5 heteroatoms. The van der Waals surface area contributed by atoms with E-state index < -0.39 is 17.7 Å². The summed E-state index contributed by atoms with van der Waals surface area (Å²) in [7, 11) is 0. The molecule has 1 atom stereocenters. The van der Waals surface area contributed by atoms with Gasteiger partial charge in [-0.15, -0.1) is 0 Å². The van der Waals surface area contributed by atoms with Crippen LogP contribution in [0.5, 0.6) is 0 Å². The number of nitrogens with two attached hydrogens (primary N) is 1.